The van der Waals surface area contributed by atoms with Gasteiger partial charge in [0.2, 0.25) is 10.0 Å². The van der Waals surface area contributed by atoms with Crippen LogP contribution in [0.2, 0.25) is 0 Å². The highest BCUT2D eigenvalue weighted by atomic mass is 32.2. The molecule has 0 heterocycles. The first kappa shape index (κ1) is 19.2. The summed E-state index contributed by atoms with van der Waals surface area (Å²) in [6, 6.07) is 4.87. The summed E-state index contributed by atoms with van der Waals surface area (Å²) in [7, 11) is -3.60. The van der Waals surface area contributed by atoms with Crippen molar-refractivity contribution in [1.29, 1.82) is 0 Å². The van der Waals surface area contributed by atoms with E-state index >= 15 is 0 Å². The van der Waals surface area contributed by atoms with Gasteiger partial charge in [-0.25, -0.2) is 13.1 Å². The molecule has 2 N–H and O–H groups in total. The molecule has 26 heavy (non-hydrogen) atoms. The molecule has 0 spiro atoms. The number of hydrogen-bond donors (Lipinski definition) is 2. The molecule has 0 radical (unpaired) electrons. The first-order chi connectivity index (χ1) is 12.1. The molecule has 0 aliphatic heterocycles. The van der Waals surface area contributed by atoms with Crippen molar-refractivity contribution < 1.29 is 26.4 Å². The van der Waals surface area contributed by atoms with Gasteiger partial charge in [0.15, 0.2) is 0 Å². The maximum absolute atomic E-state index is 12.9. The minimum atomic E-state index is -4.24. The fourth-order valence-electron chi connectivity index (χ4n) is 3.16. The number of nitrogens with one attached hydrogen (secondary N) is 2. The molecule has 1 aromatic rings. The Morgan fingerprint density at radius 2 is 1.65 bits per heavy atom. The van der Waals surface area contributed by atoms with E-state index in [1.54, 1.807) is 0 Å². The lowest BCUT2D eigenvalue weighted by Crippen LogP contribution is -2.41. The topological polar surface area (TPSA) is 75.3 Å². The van der Waals surface area contributed by atoms with Crippen LogP contribution in [0, 0.1) is 5.92 Å². The monoisotopic (exact) mass is 390 g/mol. The summed E-state index contributed by atoms with van der Waals surface area (Å²) in [5.74, 6) is -1.88. The van der Waals surface area contributed by atoms with E-state index in [0.29, 0.717) is 12.8 Å². The number of carbonyl (C=O) groups excluding carboxylic acids is 1. The van der Waals surface area contributed by atoms with Crippen molar-refractivity contribution in [3.05, 3.63) is 29.8 Å². The molecule has 2 aliphatic rings. The standard InChI is InChI=1S/C17H21F3N2O3S/c18-17(19,20)12-2-1-3-14(10-12)21-16(23)11-4-8-15(9-5-11)26(24,25)22-13-6-7-13/h4-5,8-9,12-14,22H,1-3,6-7,10H2,(H,21,23). The summed E-state index contributed by atoms with van der Waals surface area (Å²) < 4.78 is 65.3. The highest BCUT2D eigenvalue weighted by Crippen LogP contribution is 2.37. The van der Waals surface area contributed by atoms with Crippen LogP contribution in [0.3, 0.4) is 0 Å². The third-order valence-electron chi connectivity index (χ3n) is 4.80. The number of amides is 1. The Morgan fingerprint density at radius 1 is 1.00 bits per heavy atom. The molecule has 1 aromatic carbocycles. The van der Waals surface area contributed by atoms with Crippen LogP contribution in [0.1, 0.15) is 48.9 Å². The Hall–Kier alpha value is -1.61. The number of sulfonamides is 1. The van der Waals surface area contributed by atoms with Gasteiger partial charge in [0.1, 0.15) is 0 Å². The fourth-order valence-corrected chi connectivity index (χ4v) is 4.47. The minimum absolute atomic E-state index is 0.0177. The zero-order valence-corrected chi connectivity index (χ0v) is 14.9. The zero-order chi connectivity index (χ0) is 18.9. The molecule has 2 fully saturated rings. The molecule has 2 atom stereocenters. The van der Waals surface area contributed by atoms with Gasteiger partial charge in [-0.3, -0.25) is 4.79 Å². The molecule has 2 saturated carbocycles. The maximum atomic E-state index is 12.9. The van der Waals surface area contributed by atoms with E-state index in [4.69, 9.17) is 0 Å². The van der Waals surface area contributed by atoms with Crippen LogP contribution in [0.5, 0.6) is 0 Å². The summed E-state index contributed by atoms with van der Waals surface area (Å²) in [6.07, 6.45) is -1.70. The molecular weight excluding hydrogens is 369 g/mol. The summed E-state index contributed by atoms with van der Waals surface area (Å²) in [6.45, 7) is 0. The van der Waals surface area contributed by atoms with Crippen molar-refractivity contribution in [2.24, 2.45) is 5.92 Å². The van der Waals surface area contributed by atoms with Crippen LogP contribution < -0.4 is 10.0 Å². The highest BCUT2D eigenvalue weighted by molar-refractivity contribution is 7.89. The van der Waals surface area contributed by atoms with Gasteiger partial charge in [-0.2, -0.15) is 13.2 Å². The van der Waals surface area contributed by atoms with E-state index in [1.807, 2.05) is 0 Å². The van der Waals surface area contributed by atoms with Crippen LogP contribution in [0.4, 0.5) is 13.2 Å². The van der Waals surface area contributed by atoms with E-state index in [9.17, 15) is 26.4 Å². The van der Waals surface area contributed by atoms with E-state index in [-0.39, 0.29) is 29.3 Å². The smallest absolute Gasteiger partial charge is 0.349 e. The van der Waals surface area contributed by atoms with E-state index in [1.165, 1.54) is 24.3 Å². The van der Waals surface area contributed by atoms with Gasteiger partial charge < -0.3 is 5.32 Å². The van der Waals surface area contributed by atoms with Crippen LogP contribution in [-0.4, -0.2) is 32.6 Å². The lowest BCUT2D eigenvalue weighted by atomic mass is 9.85. The van der Waals surface area contributed by atoms with E-state index in [0.717, 1.165) is 12.8 Å². The molecule has 0 saturated heterocycles. The second kappa shape index (κ2) is 7.19. The van der Waals surface area contributed by atoms with Gasteiger partial charge in [-0.1, -0.05) is 6.42 Å². The molecule has 9 heteroatoms. The first-order valence-corrected chi connectivity index (χ1v) is 10.1. The van der Waals surface area contributed by atoms with Gasteiger partial charge in [-0.05, 0) is 56.4 Å². The lowest BCUT2D eigenvalue weighted by Gasteiger charge is -2.31. The molecule has 3 rings (SSSR count). The average Bonchev–Trinajstić information content (AvgIpc) is 3.38. The fraction of sp³-hybridized carbons (Fsp3) is 0.588. The first-order valence-electron chi connectivity index (χ1n) is 8.65. The second-order valence-electron chi connectivity index (χ2n) is 7.00. The molecule has 0 aromatic heterocycles. The molecule has 2 unspecified atom stereocenters. The molecular formula is C17H21F3N2O3S. The number of rotatable bonds is 5. The number of hydrogen-bond acceptors (Lipinski definition) is 3. The number of halogens is 3. The average molecular weight is 390 g/mol. The molecule has 1 amide bonds. The van der Waals surface area contributed by atoms with Crippen molar-refractivity contribution in [2.45, 2.75) is 61.7 Å². The van der Waals surface area contributed by atoms with Gasteiger partial charge in [0.05, 0.1) is 10.8 Å². The van der Waals surface area contributed by atoms with Crippen LogP contribution >= 0.6 is 0 Å². The normalized spacial score (nSPS) is 24.3. The summed E-state index contributed by atoms with van der Waals surface area (Å²) in [5.41, 5.74) is 0.226. The number of carbonyl (C=O) groups is 1. The summed E-state index contributed by atoms with van der Waals surface area (Å²) >= 11 is 0. The van der Waals surface area contributed by atoms with E-state index < -0.39 is 34.1 Å². The minimum Gasteiger partial charge on any atom is -0.349 e. The number of benzene rings is 1. The molecule has 144 valence electrons. The van der Waals surface area contributed by atoms with Gasteiger partial charge in [-0.15, -0.1) is 0 Å². The quantitative estimate of drug-likeness (QED) is 0.812. The summed E-state index contributed by atoms with van der Waals surface area (Å²) in [4.78, 5) is 12.3. The van der Waals surface area contributed by atoms with Crippen LogP contribution in [-0.2, 0) is 10.0 Å². The maximum Gasteiger partial charge on any atom is 0.391 e. The Morgan fingerprint density at radius 3 is 2.23 bits per heavy atom. The molecule has 2 aliphatic carbocycles. The van der Waals surface area contributed by atoms with E-state index in [2.05, 4.69) is 10.0 Å². The Kier molecular flexibility index (Phi) is 5.30. The molecule has 5 nitrogen and oxygen atoms in total. The van der Waals surface area contributed by atoms with Gasteiger partial charge in [0, 0.05) is 17.6 Å². The SMILES string of the molecule is O=C(NC1CCCC(C(F)(F)F)C1)c1ccc(S(=O)(=O)NC2CC2)cc1. The Labute approximate surface area is 150 Å². The van der Waals surface area contributed by atoms with Crippen molar-refractivity contribution in [1.82, 2.24) is 10.0 Å². The lowest BCUT2D eigenvalue weighted by molar-refractivity contribution is -0.183. The Bertz CT molecular complexity index is 758. The van der Waals surface area contributed by atoms with Gasteiger partial charge >= 0.3 is 6.18 Å². The molecule has 0 bridgehead atoms. The van der Waals surface area contributed by atoms with Crippen molar-refractivity contribution in [3.63, 3.8) is 0 Å². The van der Waals surface area contributed by atoms with Crippen LogP contribution in [0.15, 0.2) is 29.2 Å². The zero-order valence-electron chi connectivity index (χ0n) is 14.1. The third-order valence-corrected chi connectivity index (χ3v) is 6.33. The third kappa shape index (κ3) is 4.76. The predicted octanol–water partition coefficient (Wildman–Crippen LogP) is 2.98. The van der Waals surface area contributed by atoms with Gasteiger partial charge in [0.25, 0.3) is 5.91 Å². The summed E-state index contributed by atoms with van der Waals surface area (Å²) in [5, 5.41) is 2.63. The highest BCUT2D eigenvalue weighted by Gasteiger charge is 2.42. The predicted molar refractivity (Wildman–Crippen MR) is 89.1 cm³/mol. The largest absolute Gasteiger partial charge is 0.391 e. The second-order valence-corrected chi connectivity index (χ2v) is 8.71. The Balaban J connectivity index is 1.61. The van der Waals surface area contributed by atoms with Crippen molar-refractivity contribution >= 4 is 15.9 Å². The van der Waals surface area contributed by atoms with Crippen molar-refractivity contribution in [2.75, 3.05) is 0 Å². The van der Waals surface area contributed by atoms with Crippen molar-refractivity contribution in [3.8, 4) is 0 Å². The van der Waals surface area contributed by atoms with Crippen LogP contribution in [0.25, 0.3) is 0 Å². The number of alkyl halides is 3.